The molecule has 4 heteroatoms. The van der Waals surface area contributed by atoms with Crippen LogP contribution in [-0.2, 0) is 4.79 Å². The van der Waals surface area contributed by atoms with Crippen LogP contribution in [0.4, 0.5) is 0 Å². The van der Waals surface area contributed by atoms with Crippen molar-refractivity contribution >= 4 is 27.9 Å². The van der Waals surface area contributed by atoms with Crippen LogP contribution in [0.1, 0.15) is 38.2 Å². The molecule has 0 radical (unpaired) electrons. The number of carbonyl (C=O) groups is 1. The molecule has 3 nitrogen and oxygen atoms in total. The summed E-state index contributed by atoms with van der Waals surface area (Å²) >= 11 is 3.35. The van der Waals surface area contributed by atoms with Gasteiger partial charge in [-0.05, 0) is 37.1 Å². The lowest BCUT2D eigenvalue weighted by atomic mass is 9.82. The van der Waals surface area contributed by atoms with Crippen molar-refractivity contribution in [2.24, 2.45) is 0 Å². The SMILES string of the molecule is C[C@@]1([N+]([O-])=Cc2ccc(Br)cc2)CCCCC1=O. The van der Waals surface area contributed by atoms with Crippen molar-refractivity contribution < 1.29 is 9.53 Å². The molecule has 1 saturated carbocycles. The van der Waals surface area contributed by atoms with Gasteiger partial charge in [0.1, 0.15) is 0 Å². The molecule has 1 aromatic carbocycles. The molecule has 2 rings (SSSR count). The van der Waals surface area contributed by atoms with Crippen LogP contribution in [0.25, 0.3) is 0 Å². The normalized spacial score (nSPS) is 25.2. The first kappa shape index (κ1) is 13.3. The van der Waals surface area contributed by atoms with Gasteiger partial charge in [-0.25, -0.2) is 0 Å². The van der Waals surface area contributed by atoms with E-state index >= 15 is 0 Å². The van der Waals surface area contributed by atoms with Gasteiger partial charge in [0.25, 0.3) is 0 Å². The van der Waals surface area contributed by atoms with E-state index in [1.807, 2.05) is 24.3 Å². The fourth-order valence-corrected chi connectivity index (χ4v) is 2.49. The number of Topliss-reactive ketones (excluding diaryl/α,β-unsaturated/α-hetero) is 1. The summed E-state index contributed by atoms with van der Waals surface area (Å²) in [5.41, 5.74) is -0.0708. The Morgan fingerprint density at radius 2 is 2.00 bits per heavy atom. The van der Waals surface area contributed by atoms with Crippen LogP contribution in [0.15, 0.2) is 28.7 Å². The summed E-state index contributed by atoms with van der Waals surface area (Å²) in [4.78, 5) is 11.9. The van der Waals surface area contributed by atoms with Crippen molar-refractivity contribution in [3.63, 3.8) is 0 Å². The van der Waals surface area contributed by atoms with Crippen LogP contribution in [-0.4, -0.2) is 22.3 Å². The standard InChI is InChI=1S/C14H16BrNO2/c1-14(9-3-2-4-13(14)17)16(18)10-11-5-7-12(15)8-6-11/h5-8,10H,2-4,9H2,1H3/t14-/m1/s1. The molecule has 0 N–H and O–H groups in total. The highest BCUT2D eigenvalue weighted by Crippen LogP contribution is 2.27. The molecule has 0 unspecified atom stereocenters. The van der Waals surface area contributed by atoms with Crippen molar-refractivity contribution in [3.8, 4) is 0 Å². The minimum absolute atomic E-state index is 0.0529. The Balaban J connectivity index is 2.26. The maximum atomic E-state index is 12.2. The summed E-state index contributed by atoms with van der Waals surface area (Å²) < 4.78 is 1.80. The van der Waals surface area contributed by atoms with Crippen LogP contribution in [0.3, 0.4) is 0 Å². The second kappa shape index (κ2) is 5.22. The fourth-order valence-electron chi connectivity index (χ4n) is 2.22. The number of benzene rings is 1. The zero-order chi connectivity index (χ0) is 13.2. The lowest BCUT2D eigenvalue weighted by Crippen LogP contribution is -2.46. The average Bonchev–Trinajstić information content (AvgIpc) is 2.36. The van der Waals surface area contributed by atoms with Crippen LogP contribution in [0, 0.1) is 5.21 Å². The minimum Gasteiger partial charge on any atom is -0.623 e. The Morgan fingerprint density at radius 1 is 1.33 bits per heavy atom. The molecule has 1 atom stereocenters. The second-order valence-electron chi connectivity index (χ2n) is 4.91. The highest BCUT2D eigenvalue weighted by atomic mass is 79.9. The third-order valence-corrected chi connectivity index (χ3v) is 4.07. The van der Waals surface area contributed by atoms with Gasteiger partial charge in [-0.2, -0.15) is 4.74 Å². The van der Waals surface area contributed by atoms with Crippen molar-refractivity contribution in [2.45, 2.75) is 38.1 Å². The molecule has 0 spiro atoms. The lowest BCUT2D eigenvalue weighted by Gasteiger charge is -2.30. The number of hydroxylamine groups is 1. The molecule has 0 bridgehead atoms. The van der Waals surface area contributed by atoms with Crippen molar-refractivity contribution in [2.75, 3.05) is 0 Å². The zero-order valence-electron chi connectivity index (χ0n) is 10.4. The van der Waals surface area contributed by atoms with Crippen LogP contribution in [0.5, 0.6) is 0 Å². The highest BCUT2D eigenvalue weighted by molar-refractivity contribution is 9.10. The molecule has 0 amide bonds. The van der Waals surface area contributed by atoms with E-state index in [0.29, 0.717) is 12.8 Å². The number of nitrogens with zero attached hydrogens (tertiary/aromatic N) is 1. The zero-order valence-corrected chi connectivity index (χ0v) is 11.9. The predicted molar refractivity (Wildman–Crippen MR) is 74.8 cm³/mol. The summed E-state index contributed by atoms with van der Waals surface area (Å²) in [5, 5.41) is 12.2. The molecule has 1 fully saturated rings. The number of rotatable bonds is 2. The number of halogens is 1. The van der Waals surface area contributed by atoms with Crippen molar-refractivity contribution in [1.82, 2.24) is 0 Å². The van der Waals surface area contributed by atoms with Crippen LogP contribution in [0.2, 0.25) is 0 Å². The largest absolute Gasteiger partial charge is 0.623 e. The van der Waals surface area contributed by atoms with Gasteiger partial charge in [-0.3, -0.25) is 4.79 Å². The third-order valence-electron chi connectivity index (χ3n) is 3.54. The van der Waals surface area contributed by atoms with E-state index in [0.717, 1.165) is 27.6 Å². The summed E-state index contributed by atoms with van der Waals surface area (Å²) in [7, 11) is 0. The molecule has 96 valence electrons. The minimum atomic E-state index is -0.884. The number of carbonyl (C=O) groups excluding carboxylic acids is 1. The van der Waals surface area contributed by atoms with E-state index in [1.54, 1.807) is 6.92 Å². The van der Waals surface area contributed by atoms with E-state index in [2.05, 4.69) is 15.9 Å². The quantitative estimate of drug-likeness (QED) is 0.364. The van der Waals surface area contributed by atoms with Crippen molar-refractivity contribution in [1.29, 1.82) is 0 Å². The van der Waals surface area contributed by atoms with Gasteiger partial charge in [0.2, 0.25) is 11.3 Å². The van der Waals surface area contributed by atoms with E-state index < -0.39 is 5.54 Å². The van der Waals surface area contributed by atoms with Gasteiger partial charge in [-0.15, -0.1) is 0 Å². The van der Waals surface area contributed by atoms with E-state index in [1.165, 1.54) is 6.21 Å². The topological polar surface area (TPSA) is 43.1 Å². The molecular weight excluding hydrogens is 294 g/mol. The summed E-state index contributed by atoms with van der Waals surface area (Å²) in [6.45, 7) is 1.75. The number of hydrogen-bond donors (Lipinski definition) is 0. The van der Waals surface area contributed by atoms with Gasteiger partial charge in [0.15, 0.2) is 6.21 Å². The molecule has 1 aliphatic rings. The molecule has 0 saturated heterocycles. The maximum absolute atomic E-state index is 12.2. The predicted octanol–water partition coefficient (Wildman–Crippen LogP) is 3.28. The first-order chi connectivity index (χ1) is 8.52. The summed E-state index contributed by atoms with van der Waals surface area (Å²) in [5.74, 6) is 0.0529. The maximum Gasteiger partial charge on any atom is 0.227 e. The van der Waals surface area contributed by atoms with Gasteiger partial charge < -0.3 is 5.21 Å². The Hall–Kier alpha value is -1.16. The molecule has 1 aromatic rings. The molecule has 0 aliphatic heterocycles. The third kappa shape index (κ3) is 2.64. The average molecular weight is 310 g/mol. The Morgan fingerprint density at radius 3 is 2.61 bits per heavy atom. The van der Waals surface area contributed by atoms with Gasteiger partial charge >= 0.3 is 0 Å². The monoisotopic (exact) mass is 309 g/mol. The van der Waals surface area contributed by atoms with E-state index in [-0.39, 0.29) is 5.78 Å². The fraction of sp³-hybridized carbons (Fsp3) is 0.429. The van der Waals surface area contributed by atoms with Gasteiger partial charge in [0.05, 0.1) is 0 Å². The first-order valence-corrected chi connectivity index (χ1v) is 6.92. The van der Waals surface area contributed by atoms with Gasteiger partial charge in [-0.1, -0.05) is 15.9 Å². The van der Waals surface area contributed by atoms with E-state index in [9.17, 15) is 10.0 Å². The van der Waals surface area contributed by atoms with Gasteiger partial charge in [0, 0.05) is 29.8 Å². The molecule has 18 heavy (non-hydrogen) atoms. The Labute approximate surface area is 115 Å². The summed E-state index contributed by atoms with van der Waals surface area (Å²) in [6.07, 6.45) is 4.51. The Bertz CT molecular complexity index is 481. The highest BCUT2D eigenvalue weighted by Gasteiger charge is 2.42. The van der Waals surface area contributed by atoms with Crippen molar-refractivity contribution in [3.05, 3.63) is 39.5 Å². The lowest BCUT2D eigenvalue weighted by molar-refractivity contribution is -0.525. The van der Waals surface area contributed by atoms with E-state index in [4.69, 9.17) is 0 Å². The molecule has 1 aliphatic carbocycles. The molecule has 0 aromatic heterocycles. The number of hydrogen-bond acceptors (Lipinski definition) is 2. The van der Waals surface area contributed by atoms with Crippen LogP contribution < -0.4 is 0 Å². The summed E-state index contributed by atoms with van der Waals surface area (Å²) in [6, 6.07) is 7.46. The first-order valence-electron chi connectivity index (χ1n) is 6.12. The smallest absolute Gasteiger partial charge is 0.227 e. The molecular formula is C14H16BrNO2. The second-order valence-corrected chi connectivity index (χ2v) is 5.83. The van der Waals surface area contributed by atoms with Crippen LogP contribution >= 0.6 is 15.9 Å². The molecule has 0 heterocycles. The Kier molecular flexibility index (Phi) is 3.85. The number of ketones is 1.